The van der Waals surface area contributed by atoms with Crippen LogP contribution in [0.15, 0.2) is 20.7 Å². The van der Waals surface area contributed by atoms with Gasteiger partial charge in [0, 0.05) is 46.2 Å². The summed E-state index contributed by atoms with van der Waals surface area (Å²) < 4.78 is 35.3. The smallest absolute Gasteiger partial charge is 0.330 e. The van der Waals surface area contributed by atoms with Gasteiger partial charge in [0.1, 0.15) is 0 Å². The highest BCUT2D eigenvalue weighted by Gasteiger charge is 2.63. The molecule has 0 aromatic carbocycles. The first-order valence-corrected chi connectivity index (χ1v) is 9.87. The lowest BCUT2D eigenvalue weighted by atomic mass is 10.0. The fraction of sp³-hybridized carbons (Fsp3) is 0.667. The molecule has 4 heterocycles. The van der Waals surface area contributed by atoms with Crippen LogP contribution in [0.3, 0.4) is 0 Å². The predicted molar refractivity (Wildman–Crippen MR) is 88.9 cm³/mol. The van der Waals surface area contributed by atoms with Crippen LogP contribution in [-0.2, 0) is 33.7 Å². The molecule has 26 heavy (non-hydrogen) atoms. The van der Waals surface area contributed by atoms with Crippen molar-refractivity contribution in [2.24, 2.45) is 14.1 Å². The summed E-state index contributed by atoms with van der Waals surface area (Å²) >= 11 is 0. The molecule has 0 radical (unpaired) electrons. The van der Waals surface area contributed by atoms with E-state index < -0.39 is 37.9 Å². The predicted octanol–water partition coefficient (Wildman–Crippen LogP) is -1.80. The molecule has 3 aliphatic heterocycles. The van der Waals surface area contributed by atoms with E-state index in [2.05, 4.69) is 0 Å². The Kier molecular flexibility index (Phi) is 3.69. The van der Waals surface area contributed by atoms with Crippen LogP contribution in [-0.4, -0.2) is 64.1 Å². The first-order chi connectivity index (χ1) is 12.2. The van der Waals surface area contributed by atoms with Crippen LogP contribution in [0, 0.1) is 0 Å². The van der Waals surface area contributed by atoms with Gasteiger partial charge >= 0.3 is 5.69 Å². The molecule has 0 bridgehead atoms. The van der Waals surface area contributed by atoms with Crippen molar-refractivity contribution in [2.45, 2.75) is 35.9 Å². The Hall–Kier alpha value is -1.98. The van der Waals surface area contributed by atoms with Gasteiger partial charge in [-0.25, -0.2) is 13.2 Å². The Balaban J connectivity index is 1.81. The number of aryl methyl sites for hydroxylation is 1. The molecule has 1 aromatic heterocycles. The molecule has 4 rings (SSSR count). The second kappa shape index (κ2) is 5.51. The molecule has 0 unspecified atom stereocenters. The van der Waals surface area contributed by atoms with Gasteiger partial charge in [-0.15, -0.1) is 0 Å². The second-order valence-electron chi connectivity index (χ2n) is 6.93. The summed E-state index contributed by atoms with van der Waals surface area (Å²) in [7, 11) is -1.56. The molecule has 0 N–H and O–H groups in total. The van der Waals surface area contributed by atoms with E-state index in [4.69, 9.17) is 4.74 Å². The highest BCUT2D eigenvalue weighted by atomic mass is 32.2. The molecule has 11 heteroatoms. The SMILES string of the molecule is Cn1cc(S(=O)(=O)N2CC[C@@]34OCCCN3C(=O)C[C@@H]24)c(=O)n(C)c1=O. The molecule has 1 aromatic rings. The number of hydrogen-bond donors (Lipinski definition) is 0. The molecule has 142 valence electrons. The summed E-state index contributed by atoms with van der Waals surface area (Å²) in [5, 5.41) is 0. The number of rotatable bonds is 2. The van der Waals surface area contributed by atoms with Crippen molar-refractivity contribution in [3.05, 3.63) is 27.0 Å². The summed E-state index contributed by atoms with van der Waals surface area (Å²) in [5.41, 5.74) is -2.42. The molecule has 0 saturated carbocycles. The number of carbonyl (C=O) groups excluding carboxylic acids is 1. The number of ether oxygens (including phenoxy) is 1. The maximum atomic E-state index is 13.2. The topological polar surface area (TPSA) is 111 Å². The number of aromatic nitrogens is 2. The van der Waals surface area contributed by atoms with Gasteiger partial charge < -0.3 is 14.2 Å². The average molecular weight is 384 g/mol. The minimum atomic E-state index is -4.18. The highest BCUT2D eigenvalue weighted by molar-refractivity contribution is 7.89. The van der Waals surface area contributed by atoms with Crippen LogP contribution in [0.4, 0.5) is 0 Å². The monoisotopic (exact) mass is 384 g/mol. The van der Waals surface area contributed by atoms with Crippen LogP contribution in [0.5, 0.6) is 0 Å². The Bertz CT molecular complexity index is 1010. The van der Waals surface area contributed by atoms with E-state index in [0.29, 0.717) is 26.0 Å². The number of nitrogens with zero attached hydrogens (tertiary/aromatic N) is 4. The number of sulfonamides is 1. The zero-order valence-corrected chi connectivity index (χ0v) is 15.4. The van der Waals surface area contributed by atoms with Gasteiger partial charge in [-0.2, -0.15) is 4.31 Å². The molecule has 0 aliphatic carbocycles. The molecule has 10 nitrogen and oxygen atoms in total. The van der Waals surface area contributed by atoms with Crippen molar-refractivity contribution >= 4 is 15.9 Å². The molecular weight excluding hydrogens is 364 g/mol. The normalized spacial score (nSPS) is 29.1. The second-order valence-corrected chi connectivity index (χ2v) is 8.79. The Morgan fingerprint density at radius 1 is 1.19 bits per heavy atom. The summed E-state index contributed by atoms with van der Waals surface area (Å²) in [5.74, 6) is -0.136. The first kappa shape index (κ1) is 17.4. The fourth-order valence-corrected chi connectivity index (χ4v) is 6.09. The van der Waals surface area contributed by atoms with Gasteiger partial charge in [0.05, 0.1) is 12.6 Å². The molecule has 1 amide bonds. The van der Waals surface area contributed by atoms with E-state index in [1.807, 2.05) is 0 Å². The zero-order chi connectivity index (χ0) is 18.9. The van der Waals surface area contributed by atoms with Crippen LogP contribution in [0.25, 0.3) is 0 Å². The third kappa shape index (κ3) is 2.10. The van der Waals surface area contributed by atoms with E-state index in [0.717, 1.165) is 15.3 Å². The van der Waals surface area contributed by atoms with Gasteiger partial charge in [0.2, 0.25) is 15.9 Å². The van der Waals surface area contributed by atoms with Crippen molar-refractivity contribution in [1.82, 2.24) is 18.3 Å². The minimum absolute atomic E-state index is 0.0330. The molecule has 1 spiro atoms. The van der Waals surface area contributed by atoms with Gasteiger partial charge in [0.25, 0.3) is 5.56 Å². The maximum Gasteiger partial charge on any atom is 0.330 e. The van der Waals surface area contributed by atoms with Crippen molar-refractivity contribution < 1.29 is 17.9 Å². The van der Waals surface area contributed by atoms with Crippen LogP contribution < -0.4 is 11.2 Å². The van der Waals surface area contributed by atoms with Gasteiger partial charge in [-0.05, 0) is 6.42 Å². The van der Waals surface area contributed by atoms with Crippen LogP contribution >= 0.6 is 0 Å². The molecule has 3 fully saturated rings. The van der Waals surface area contributed by atoms with E-state index >= 15 is 0 Å². The maximum absolute atomic E-state index is 13.2. The van der Waals surface area contributed by atoms with Crippen molar-refractivity contribution in [1.29, 1.82) is 0 Å². The zero-order valence-electron chi connectivity index (χ0n) is 14.5. The van der Waals surface area contributed by atoms with E-state index in [-0.39, 0.29) is 18.9 Å². The van der Waals surface area contributed by atoms with E-state index in [1.54, 1.807) is 4.90 Å². The quantitative estimate of drug-likeness (QED) is 0.595. The fourth-order valence-electron chi connectivity index (χ4n) is 4.28. The van der Waals surface area contributed by atoms with Crippen LogP contribution in [0.2, 0.25) is 0 Å². The standard InChI is InChI=1S/C15H20N4O6S/c1-16-9-10(13(21)17(2)14(16)22)26(23,24)19-6-4-15-11(19)8-12(20)18(15)5-3-7-25-15/h9,11H,3-8H2,1-2H3/t11-,15+/m1/s1. The van der Waals surface area contributed by atoms with E-state index in [9.17, 15) is 22.8 Å². The Labute approximate surface area is 149 Å². The van der Waals surface area contributed by atoms with E-state index in [1.165, 1.54) is 18.4 Å². The first-order valence-electron chi connectivity index (χ1n) is 8.43. The Morgan fingerprint density at radius 3 is 2.65 bits per heavy atom. The lowest BCUT2D eigenvalue weighted by Gasteiger charge is -2.42. The summed E-state index contributed by atoms with van der Waals surface area (Å²) in [6, 6.07) is -0.665. The summed E-state index contributed by atoms with van der Waals surface area (Å²) in [6.45, 7) is 1.17. The van der Waals surface area contributed by atoms with Gasteiger partial charge in [-0.3, -0.25) is 14.2 Å². The minimum Gasteiger partial charge on any atom is -0.354 e. The highest BCUT2D eigenvalue weighted by Crippen LogP contribution is 2.46. The van der Waals surface area contributed by atoms with Crippen molar-refractivity contribution in [2.75, 3.05) is 19.7 Å². The Morgan fingerprint density at radius 2 is 1.92 bits per heavy atom. The summed E-state index contributed by atoms with van der Waals surface area (Å²) in [4.78, 5) is 37.8. The molecule has 2 atom stereocenters. The average Bonchev–Trinajstić information content (AvgIpc) is 3.08. The molecule has 3 saturated heterocycles. The van der Waals surface area contributed by atoms with Gasteiger partial charge in [-0.1, -0.05) is 0 Å². The third-order valence-corrected chi connectivity index (χ3v) is 7.45. The molecule has 3 aliphatic rings. The third-order valence-electron chi connectivity index (χ3n) is 5.56. The van der Waals surface area contributed by atoms with Gasteiger partial charge in [0.15, 0.2) is 10.6 Å². The van der Waals surface area contributed by atoms with Crippen molar-refractivity contribution in [3.63, 3.8) is 0 Å². The number of amides is 1. The van der Waals surface area contributed by atoms with Crippen LogP contribution in [0.1, 0.15) is 19.3 Å². The number of carbonyl (C=O) groups is 1. The molecular formula is C15H20N4O6S. The largest absolute Gasteiger partial charge is 0.354 e. The summed E-state index contributed by atoms with van der Waals surface area (Å²) in [6.07, 6.45) is 2.16. The lowest BCUT2D eigenvalue weighted by molar-refractivity contribution is -0.178. The van der Waals surface area contributed by atoms with Crippen molar-refractivity contribution in [3.8, 4) is 0 Å². The number of hydrogen-bond acceptors (Lipinski definition) is 6. The lowest BCUT2D eigenvalue weighted by Crippen LogP contribution is -2.56.